The van der Waals surface area contributed by atoms with E-state index in [9.17, 15) is 4.79 Å². The lowest BCUT2D eigenvalue weighted by Gasteiger charge is -2.20. The van der Waals surface area contributed by atoms with Gasteiger partial charge in [0, 0.05) is 12.2 Å². The highest BCUT2D eigenvalue weighted by Gasteiger charge is 2.23. The third-order valence-electron chi connectivity index (χ3n) is 3.16. The summed E-state index contributed by atoms with van der Waals surface area (Å²) in [6, 6.07) is 7.70. The smallest absolute Gasteiger partial charge is 0.251 e. The second-order valence-electron chi connectivity index (χ2n) is 4.68. The minimum absolute atomic E-state index is 0.0169. The van der Waals surface area contributed by atoms with Gasteiger partial charge in [0.1, 0.15) is 0 Å². The van der Waals surface area contributed by atoms with Crippen molar-refractivity contribution >= 4 is 5.91 Å². The van der Waals surface area contributed by atoms with Crippen molar-refractivity contribution in [2.45, 2.75) is 38.8 Å². The van der Waals surface area contributed by atoms with Gasteiger partial charge in [-0.15, -0.1) is 0 Å². The first-order chi connectivity index (χ1) is 8.16. The van der Waals surface area contributed by atoms with E-state index in [0.717, 1.165) is 30.6 Å². The van der Waals surface area contributed by atoms with Crippen molar-refractivity contribution in [3.8, 4) is 0 Å². The standard InChI is InChI=1S/C14H19NO2/c1-10-5-3-6-12(9-10)14(16)15-11(2)13-7-4-8-17-13/h3,5-6,9,11,13H,4,7-8H2,1-2H3,(H,15,16)/t11-,13-/m0/s1. The van der Waals surface area contributed by atoms with E-state index in [2.05, 4.69) is 5.32 Å². The fraction of sp³-hybridized carbons (Fsp3) is 0.500. The summed E-state index contributed by atoms with van der Waals surface area (Å²) in [4.78, 5) is 12.0. The maximum absolute atomic E-state index is 12.0. The van der Waals surface area contributed by atoms with Crippen LogP contribution in [0, 0.1) is 6.92 Å². The Hall–Kier alpha value is -1.35. The Morgan fingerprint density at radius 2 is 2.35 bits per heavy atom. The highest BCUT2D eigenvalue weighted by Crippen LogP contribution is 2.15. The molecule has 1 aliphatic rings. The Morgan fingerprint density at radius 1 is 1.53 bits per heavy atom. The number of aryl methyl sites for hydroxylation is 1. The van der Waals surface area contributed by atoms with Gasteiger partial charge in [0.15, 0.2) is 0 Å². The highest BCUT2D eigenvalue weighted by molar-refractivity contribution is 5.94. The van der Waals surface area contributed by atoms with E-state index < -0.39 is 0 Å². The normalized spacial score (nSPS) is 21.2. The molecule has 3 nitrogen and oxygen atoms in total. The Balaban J connectivity index is 1.96. The molecule has 92 valence electrons. The van der Waals surface area contributed by atoms with Crippen molar-refractivity contribution in [2.75, 3.05) is 6.61 Å². The van der Waals surface area contributed by atoms with Gasteiger partial charge in [-0.2, -0.15) is 0 Å². The number of amides is 1. The largest absolute Gasteiger partial charge is 0.376 e. The van der Waals surface area contributed by atoms with Crippen molar-refractivity contribution < 1.29 is 9.53 Å². The quantitative estimate of drug-likeness (QED) is 0.870. The molecule has 1 aliphatic heterocycles. The van der Waals surface area contributed by atoms with Crippen LogP contribution in [0.4, 0.5) is 0 Å². The van der Waals surface area contributed by atoms with Gasteiger partial charge in [-0.25, -0.2) is 0 Å². The summed E-state index contributed by atoms with van der Waals surface area (Å²) < 4.78 is 5.56. The first-order valence-corrected chi connectivity index (χ1v) is 6.16. The van der Waals surface area contributed by atoms with E-state index in [1.165, 1.54) is 0 Å². The van der Waals surface area contributed by atoms with Crippen LogP contribution in [0.2, 0.25) is 0 Å². The fourth-order valence-corrected chi connectivity index (χ4v) is 2.17. The van der Waals surface area contributed by atoms with Crippen LogP contribution in [-0.4, -0.2) is 24.7 Å². The summed E-state index contributed by atoms with van der Waals surface area (Å²) >= 11 is 0. The van der Waals surface area contributed by atoms with E-state index in [-0.39, 0.29) is 18.1 Å². The minimum Gasteiger partial charge on any atom is -0.376 e. The van der Waals surface area contributed by atoms with Crippen molar-refractivity contribution in [1.29, 1.82) is 0 Å². The molecule has 2 rings (SSSR count). The molecule has 1 amide bonds. The van der Waals surface area contributed by atoms with Crippen LogP contribution in [0.25, 0.3) is 0 Å². The Kier molecular flexibility index (Phi) is 3.79. The van der Waals surface area contributed by atoms with Gasteiger partial charge in [-0.1, -0.05) is 17.7 Å². The topological polar surface area (TPSA) is 38.3 Å². The maximum Gasteiger partial charge on any atom is 0.251 e. The molecule has 2 atom stereocenters. The highest BCUT2D eigenvalue weighted by atomic mass is 16.5. The predicted octanol–water partition coefficient (Wildman–Crippen LogP) is 2.29. The zero-order chi connectivity index (χ0) is 12.3. The molecule has 0 bridgehead atoms. The molecular formula is C14H19NO2. The lowest BCUT2D eigenvalue weighted by atomic mass is 10.1. The number of hydrogen-bond acceptors (Lipinski definition) is 2. The average molecular weight is 233 g/mol. The maximum atomic E-state index is 12.0. The molecule has 1 aromatic carbocycles. The van der Waals surface area contributed by atoms with Crippen LogP contribution in [0.15, 0.2) is 24.3 Å². The third kappa shape index (κ3) is 3.07. The van der Waals surface area contributed by atoms with Gasteiger partial charge in [-0.05, 0) is 38.8 Å². The summed E-state index contributed by atoms with van der Waals surface area (Å²) in [7, 11) is 0. The Labute approximate surface area is 102 Å². The summed E-state index contributed by atoms with van der Waals surface area (Å²) in [6.07, 6.45) is 2.30. The molecule has 0 unspecified atom stereocenters. The second-order valence-corrected chi connectivity index (χ2v) is 4.68. The molecule has 0 spiro atoms. The molecule has 1 aromatic rings. The molecule has 1 fully saturated rings. The van der Waals surface area contributed by atoms with Crippen molar-refractivity contribution in [2.24, 2.45) is 0 Å². The first kappa shape index (κ1) is 12.1. The van der Waals surface area contributed by atoms with Gasteiger partial charge >= 0.3 is 0 Å². The number of carbonyl (C=O) groups is 1. The number of carbonyl (C=O) groups excluding carboxylic acids is 1. The van der Waals surface area contributed by atoms with Crippen LogP contribution in [-0.2, 0) is 4.74 Å². The number of nitrogens with one attached hydrogen (secondary N) is 1. The summed E-state index contributed by atoms with van der Waals surface area (Å²) in [6.45, 7) is 4.80. The van der Waals surface area contributed by atoms with E-state index in [0.29, 0.717) is 0 Å². The van der Waals surface area contributed by atoms with Crippen LogP contribution in [0.1, 0.15) is 35.7 Å². The van der Waals surface area contributed by atoms with E-state index in [1.54, 1.807) is 0 Å². The Morgan fingerprint density at radius 3 is 3.00 bits per heavy atom. The van der Waals surface area contributed by atoms with Gasteiger partial charge in [0.25, 0.3) is 5.91 Å². The molecule has 1 heterocycles. The van der Waals surface area contributed by atoms with Crippen LogP contribution in [0.3, 0.4) is 0 Å². The number of benzene rings is 1. The molecule has 0 aliphatic carbocycles. The third-order valence-corrected chi connectivity index (χ3v) is 3.16. The lowest BCUT2D eigenvalue weighted by molar-refractivity contribution is 0.0712. The van der Waals surface area contributed by atoms with Gasteiger partial charge in [-0.3, -0.25) is 4.79 Å². The van der Waals surface area contributed by atoms with Crippen molar-refractivity contribution in [3.05, 3.63) is 35.4 Å². The second kappa shape index (κ2) is 5.32. The zero-order valence-electron chi connectivity index (χ0n) is 10.4. The lowest BCUT2D eigenvalue weighted by Crippen LogP contribution is -2.40. The molecule has 3 heteroatoms. The minimum atomic E-state index is -0.0169. The number of ether oxygens (including phenoxy) is 1. The van der Waals surface area contributed by atoms with Gasteiger partial charge < -0.3 is 10.1 Å². The van der Waals surface area contributed by atoms with Crippen molar-refractivity contribution in [3.63, 3.8) is 0 Å². The van der Waals surface area contributed by atoms with Crippen molar-refractivity contribution in [1.82, 2.24) is 5.32 Å². The first-order valence-electron chi connectivity index (χ1n) is 6.16. The Bertz CT molecular complexity index is 397. The molecule has 0 aromatic heterocycles. The molecule has 1 N–H and O–H groups in total. The fourth-order valence-electron chi connectivity index (χ4n) is 2.17. The molecule has 1 saturated heterocycles. The van der Waals surface area contributed by atoms with Crippen LogP contribution >= 0.6 is 0 Å². The predicted molar refractivity (Wildman–Crippen MR) is 67.1 cm³/mol. The van der Waals surface area contributed by atoms with E-state index >= 15 is 0 Å². The average Bonchev–Trinajstić information content (AvgIpc) is 2.82. The molecule has 17 heavy (non-hydrogen) atoms. The zero-order valence-corrected chi connectivity index (χ0v) is 10.4. The summed E-state index contributed by atoms with van der Waals surface area (Å²) in [5.74, 6) is -0.0169. The molecule has 0 saturated carbocycles. The van der Waals surface area contributed by atoms with Crippen LogP contribution < -0.4 is 5.32 Å². The van der Waals surface area contributed by atoms with E-state index in [4.69, 9.17) is 4.74 Å². The van der Waals surface area contributed by atoms with Crippen LogP contribution in [0.5, 0.6) is 0 Å². The molecule has 0 radical (unpaired) electrons. The summed E-state index contributed by atoms with van der Waals surface area (Å²) in [5, 5.41) is 3.00. The SMILES string of the molecule is Cc1cccc(C(=O)N[C@@H](C)[C@@H]2CCCO2)c1. The van der Waals surface area contributed by atoms with Gasteiger partial charge in [0.2, 0.25) is 0 Å². The molecular weight excluding hydrogens is 214 g/mol. The number of hydrogen-bond donors (Lipinski definition) is 1. The monoisotopic (exact) mass is 233 g/mol. The van der Waals surface area contributed by atoms with Gasteiger partial charge in [0.05, 0.1) is 12.1 Å². The number of rotatable bonds is 3. The van der Waals surface area contributed by atoms with E-state index in [1.807, 2.05) is 38.1 Å². The summed E-state index contributed by atoms with van der Waals surface area (Å²) in [5.41, 5.74) is 1.82.